The molecule has 0 aliphatic carbocycles. The topological polar surface area (TPSA) is 68.0 Å². The van der Waals surface area contributed by atoms with Gasteiger partial charge < -0.3 is 9.73 Å². The highest BCUT2D eigenvalue weighted by Crippen LogP contribution is 2.36. The Morgan fingerprint density at radius 3 is 2.71 bits per heavy atom. The van der Waals surface area contributed by atoms with Crippen LogP contribution in [-0.4, -0.2) is 21.9 Å². The van der Waals surface area contributed by atoms with Gasteiger partial charge in [0.2, 0.25) is 11.8 Å². The van der Waals surface area contributed by atoms with E-state index in [1.807, 2.05) is 31.2 Å². The van der Waals surface area contributed by atoms with E-state index < -0.39 is 22.7 Å². The summed E-state index contributed by atoms with van der Waals surface area (Å²) in [6, 6.07) is 10.7. The number of alkyl halides is 3. The molecular weight excluding hydrogens is 415 g/mol. The summed E-state index contributed by atoms with van der Waals surface area (Å²) in [5.41, 5.74) is 0.766. The quantitative estimate of drug-likeness (QED) is 0.548. The normalized spacial score (nSPS) is 11.5. The first-order valence-electron chi connectivity index (χ1n) is 7.92. The van der Waals surface area contributed by atoms with Crippen molar-refractivity contribution in [3.8, 4) is 11.5 Å². The van der Waals surface area contributed by atoms with Crippen LogP contribution in [-0.2, 0) is 11.0 Å². The molecule has 2 aromatic carbocycles. The standard InChI is InChI=1S/C18H13ClF3N3O2S/c1-10-3-2-4-11(7-10)16-24-25-17(27-16)28-9-15(26)23-12-5-6-14(19)13(8-12)18(20,21)22/h2-8H,9H2,1H3,(H,23,26). The number of carbonyl (C=O) groups excluding carboxylic acids is 1. The van der Waals surface area contributed by atoms with Crippen molar-refractivity contribution in [1.82, 2.24) is 10.2 Å². The summed E-state index contributed by atoms with van der Waals surface area (Å²) in [4.78, 5) is 12.0. The van der Waals surface area contributed by atoms with Crippen molar-refractivity contribution in [2.45, 2.75) is 18.3 Å². The van der Waals surface area contributed by atoms with E-state index in [9.17, 15) is 18.0 Å². The molecule has 0 saturated carbocycles. The van der Waals surface area contributed by atoms with Crippen molar-refractivity contribution in [2.24, 2.45) is 0 Å². The summed E-state index contributed by atoms with van der Waals surface area (Å²) in [5.74, 6) is -0.311. The van der Waals surface area contributed by atoms with Gasteiger partial charge in [-0.15, -0.1) is 10.2 Å². The predicted molar refractivity (Wildman–Crippen MR) is 100 cm³/mol. The molecule has 5 nitrogen and oxygen atoms in total. The number of benzene rings is 2. The van der Waals surface area contributed by atoms with E-state index in [1.165, 1.54) is 6.07 Å². The monoisotopic (exact) mass is 427 g/mol. The Kier molecular flexibility index (Phi) is 5.95. The summed E-state index contributed by atoms with van der Waals surface area (Å²) in [6.45, 7) is 1.93. The van der Waals surface area contributed by atoms with Crippen LogP contribution in [0.5, 0.6) is 0 Å². The van der Waals surface area contributed by atoms with Gasteiger partial charge in [0.25, 0.3) is 5.22 Å². The van der Waals surface area contributed by atoms with Crippen LogP contribution in [0.2, 0.25) is 5.02 Å². The van der Waals surface area contributed by atoms with Crippen LogP contribution in [0.15, 0.2) is 52.1 Å². The van der Waals surface area contributed by atoms with Gasteiger partial charge in [0.1, 0.15) is 0 Å². The Labute approximate surface area is 167 Å². The number of amides is 1. The Morgan fingerprint density at radius 1 is 1.21 bits per heavy atom. The first kappa shape index (κ1) is 20.2. The highest BCUT2D eigenvalue weighted by atomic mass is 35.5. The largest absolute Gasteiger partial charge is 0.417 e. The second-order valence-corrected chi connectivity index (χ2v) is 7.11. The number of halogens is 4. The number of aryl methyl sites for hydroxylation is 1. The number of carbonyl (C=O) groups is 1. The maximum atomic E-state index is 12.9. The second-order valence-electron chi connectivity index (χ2n) is 5.77. The lowest BCUT2D eigenvalue weighted by atomic mass is 10.1. The molecule has 0 unspecified atom stereocenters. The average molecular weight is 428 g/mol. The van der Waals surface area contributed by atoms with Gasteiger partial charge in [0, 0.05) is 11.3 Å². The Bertz CT molecular complexity index is 1010. The zero-order chi connectivity index (χ0) is 20.3. The minimum absolute atomic E-state index is 0.00620. The van der Waals surface area contributed by atoms with E-state index in [-0.39, 0.29) is 16.7 Å². The summed E-state index contributed by atoms with van der Waals surface area (Å²) >= 11 is 6.54. The number of hydrogen-bond donors (Lipinski definition) is 1. The molecule has 0 fully saturated rings. The Hall–Kier alpha value is -2.52. The number of nitrogens with zero attached hydrogens (tertiary/aromatic N) is 2. The van der Waals surface area contributed by atoms with Crippen LogP contribution in [0.3, 0.4) is 0 Å². The molecule has 28 heavy (non-hydrogen) atoms. The highest BCUT2D eigenvalue weighted by Gasteiger charge is 2.33. The second kappa shape index (κ2) is 8.24. The summed E-state index contributed by atoms with van der Waals surface area (Å²) < 4.78 is 44.1. The van der Waals surface area contributed by atoms with Crippen LogP contribution in [0.1, 0.15) is 11.1 Å². The van der Waals surface area contributed by atoms with E-state index in [4.69, 9.17) is 16.0 Å². The molecule has 0 aliphatic heterocycles. The number of anilines is 1. The molecule has 1 heterocycles. The van der Waals surface area contributed by atoms with E-state index in [1.54, 1.807) is 0 Å². The minimum Gasteiger partial charge on any atom is -0.411 e. The molecule has 0 atom stereocenters. The molecule has 0 radical (unpaired) electrons. The predicted octanol–water partition coefficient (Wildman–Crippen LogP) is 5.45. The number of hydrogen-bond acceptors (Lipinski definition) is 5. The van der Waals surface area contributed by atoms with E-state index in [0.717, 1.165) is 35.0 Å². The van der Waals surface area contributed by atoms with Crippen molar-refractivity contribution in [3.63, 3.8) is 0 Å². The molecule has 0 aliphatic rings. The zero-order valence-electron chi connectivity index (χ0n) is 14.4. The SMILES string of the molecule is Cc1cccc(-c2nnc(SCC(=O)Nc3ccc(Cl)c(C(F)(F)F)c3)o2)c1. The lowest BCUT2D eigenvalue weighted by molar-refractivity contribution is -0.137. The smallest absolute Gasteiger partial charge is 0.411 e. The van der Waals surface area contributed by atoms with E-state index in [0.29, 0.717) is 5.89 Å². The van der Waals surface area contributed by atoms with Crippen LogP contribution in [0.25, 0.3) is 11.5 Å². The molecule has 146 valence electrons. The average Bonchev–Trinajstić information content (AvgIpc) is 3.10. The number of aromatic nitrogens is 2. The van der Waals surface area contributed by atoms with Gasteiger partial charge in [-0.05, 0) is 37.3 Å². The highest BCUT2D eigenvalue weighted by molar-refractivity contribution is 7.99. The maximum absolute atomic E-state index is 12.9. The third-order valence-electron chi connectivity index (χ3n) is 3.55. The van der Waals surface area contributed by atoms with Crippen LogP contribution < -0.4 is 5.32 Å². The fourth-order valence-corrected chi connectivity index (χ4v) is 3.10. The zero-order valence-corrected chi connectivity index (χ0v) is 16.0. The molecule has 0 saturated heterocycles. The first-order valence-corrected chi connectivity index (χ1v) is 9.28. The van der Waals surface area contributed by atoms with Gasteiger partial charge in [0.05, 0.1) is 16.3 Å². The van der Waals surface area contributed by atoms with E-state index in [2.05, 4.69) is 15.5 Å². The summed E-state index contributed by atoms with van der Waals surface area (Å²) in [6.07, 6.45) is -4.61. The lowest BCUT2D eigenvalue weighted by Crippen LogP contribution is -2.15. The Balaban J connectivity index is 1.61. The molecule has 3 rings (SSSR count). The molecule has 1 amide bonds. The molecule has 0 spiro atoms. The van der Waals surface area contributed by atoms with E-state index >= 15 is 0 Å². The minimum atomic E-state index is -4.61. The van der Waals surface area contributed by atoms with Gasteiger partial charge in [0.15, 0.2) is 0 Å². The molecule has 3 aromatic rings. The fourth-order valence-electron chi connectivity index (χ4n) is 2.31. The number of nitrogens with one attached hydrogen (secondary N) is 1. The number of rotatable bonds is 5. The van der Waals surface area contributed by atoms with Crippen LogP contribution >= 0.6 is 23.4 Å². The third-order valence-corrected chi connectivity index (χ3v) is 4.70. The molecule has 1 N–H and O–H groups in total. The first-order chi connectivity index (χ1) is 13.2. The number of thioether (sulfide) groups is 1. The van der Waals surface area contributed by atoms with Crippen LogP contribution in [0, 0.1) is 6.92 Å². The van der Waals surface area contributed by atoms with Crippen LogP contribution in [0.4, 0.5) is 18.9 Å². The fraction of sp³-hybridized carbons (Fsp3) is 0.167. The third kappa shape index (κ3) is 5.05. The van der Waals surface area contributed by atoms with Crippen molar-refractivity contribution in [1.29, 1.82) is 0 Å². The van der Waals surface area contributed by atoms with Crippen molar-refractivity contribution < 1.29 is 22.4 Å². The van der Waals surface area contributed by atoms with Crippen molar-refractivity contribution >= 4 is 35.0 Å². The lowest BCUT2D eigenvalue weighted by Gasteiger charge is -2.11. The molecule has 1 aromatic heterocycles. The summed E-state index contributed by atoms with van der Waals surface area (Å²) in [7, 11) is 0. The molecule has 10 heteroatoms. The van der Waals surface area contributed by atoms with Gasteiger partial charge in [-0.1, -0.05) is 41.1 Å². The summed E-state index contributed by atoms with van der Waals surface area (Å²) in [5, 5.41) is 9.92. The van der Waals surface area contributed by atoms with Gasteiger partial charge >= 0.3 is 6.18 Å². The Morgan fingerprint density at radius 2 is 2.00 bits per heavy atom. The maximum Gasteiger partial charge on any atom is 0.417 e. The molecule has 0 bridgehead atoms. The van der Waals surface area contributed by atoms with Gasteiger partial charge in [-0.2, -0.15) is 13.2 Å². The van der Waals surface area contributed by atoms with Crippen molar-refractivity contribution in [3.05, 3.63) is 58.6 Å². The van der Waals surface area contributed by atoms with Gasteiger partial charge in [-0.25, -0.2) is 0 Å². The molecular formula is C18H13ClF3N3O2S. The van der Waals surface area contributed by atoms with Crippen molar-refractivity contribution in [2.75, 3.05) is 11.1 Å². The van der Waals surface area contributed by atoms with Gasteiger partial charge in [-0.3, -0.25) is 4.79 Å².